The summed E-state index contributed by atoms with van der Waals surface area (Å²) in [5, 5.41) is 8.75. The van der Waals surface area contributed by atoms with Gasteiger partial charge in [-0.05, 0) is 37.6 Å². The van der Waals surface area contributed by atoms with Crippen molar-refractivity contribution in [1.82, 2.24) is 4.90 Å². The molecule has 0 fully saturated rings. The van der Waals surface area contributed by atoms with E-state index >= 15 is 0 Å². The third-order valence-electron chi connectivity index (χ3n) is 2.74. The van der Waals surface area contributed by atoms with E-state index in [0.29, 0.717) is 6.07 Å². The minimum atomic E-state index is -4.63. The third kappa shape index (κ3) is 4.80. The molecule has 0 heterocycles. The first-order valence-electron chi connectivity index (χ1n) is 5.92. The van der Waals surface area contributed by atoms with Crippen molar-refractivity contribution in [2.45, 2.75) is 32.6 Å². The van der Waals surface area contributed by atoms with E-state index in [-0.39, 0.29) is 24.7 Å². The van der Waals surface area contributed by atoms with E-state index in [9.17, 15) is 22.4 Å². The van der Waals surface area contributed by atoms with Gasteiger partial charge in [-0.3, -0.25) is 9.69 Å². The second-order valence-corrected chi connectivity index (χ2v) is 4.74. The SMILES string of the molecule is CC(C)N(CC(=O)O)Cc1cc(F)cc(C(F)(F)F)c1. The van der Waals surface area contributed by atoms with Crippen LogP contribution < -0.4 is 0 Å². The van der Waals surface area contributed by atoms with Crippen LogP contribution in [0.15, 0.2) is 18.2 Å². The van der Waals surface area contributed by atoms with Crippen molar-refractivity contribution >= 4 is 5.97 Å². The van der Waals surface area contributed by atoms with Gasteiger partial charge in [-0.1, -0.05) is 0 Å². The lowest BCUT2D eigenvalue weighted by Crippen LogP contribution is -2.35. The molecule has 0 aliphatic rings. The normalized spacial score (nSPS) is 12.2. The smallest absolute Gasteiger partial charge is 0.416 e. The van der Waals surface area contributed by atoms with Crippen molar-refractivity contribution in [3.63, 3.8) is 0 Å². The van der Waals surface area contributed by atoms with Crippen molar-refractivity contribution in [3.05, 3.63) is 35.1 Å². The van der Waals surface area contributed by atoms with Crippen molar-refractivity contribution < 1.29 is 27.5 Å². The third-order valence-corrected chi connectivity index (χ3v) is 2.74. The quantitative estimate of drug-likeness (QED) is 0.848. The lowest BCUT2D eigenvalue weighted by Gasteiger charge is -2.24. The van der Waals surface area contributed by atoms with Crippen LogP contribution >= 0.6 is 0 Å². The molecule has 0 atom stereocenters. The first kappa shape index (κ1) is 16.4. The standard InChI is InChI=1S/C13H15F4NO2/c1-8(2)18(7-12(19)20)6-9-3-10(13(15,16)17)5-11(14)4-9/h3-5,8H,6-7H2,1-2H3,(H,19,20). The zero-order chi connectivity index (χ0) is 15.5. The fourth-order valence-electron chi connectivity index (χ4n) is 1.73. The molecule has 0 unspecified atom stereocenters. The number of carbonyl (C=O) groups is 1. The maximum atomic E-state index is 13.2. The van der Waals surface area contributed by atoms with Crippen LogP contribution in [0.3, 0.4) is 0 Å². The van der Waals surface area contributed by atoms with Crippen LogP contribution in [0.5, 0.6) is 0 Å². The summed E-state index contributed by atoms with van der Waals surface area (Å²) in [5.74, 6) is -2.08. The van der Waals surface area contributed by atoms with Crippen LogP contribution in [0.1, 0.15) is 25.0 Å². The number of carboxylic acid groups (broad SMARTS) is 1. The number of halogens is 4. The van der Waals surface area contributed by atoms with Crippen LogP contribution in [0.2, 0.25) is 0 Å². The van der Waals surface area contributed by atoms with E-state index in [1.807, 2.05) is 0 Å². The molecule has 7 heteroatoms. The highest BCUT2D eigenvalue weighted by Crippen LogP contribution is 2.30. The van der Waals surface area contributed by atoms with E-state index in [2.05, 4.69) is 0 Å². The Bertz CT molecular complexity index is 486. The molecule has 0 saturated heterocycles. The van der Waals surface area contributed by atoms with Gasteiger partial charge in [0.25, 0.3) is 0 Å². The molecule has 1 aromatic rings. The van der Waals surface area contributed by atoms with E-state index < -0.39 is 23.5 Å². The van der Waals surface area contributed by atoms with Gasteiger partial charge in [0, 0.05) is 12.6 Å². The van der Waals surface area contributed by atoms with Crippen LogP contribution in [-0.4, -0.2) is 28.6 Å². The summed E-state index contributed by atoms with van der Waals surface area (Å²) in [6.45, 7) is 3.04. The lowest BCUT2D eigenvalue weighted by molar-refractivity contribution is -0.139. The van der Waals surface area contributed by atoms with E-state index in [4.69, 9.17) is 5.11 Å². The number of hydrogen-bond donors (Lipinski definition) is 1. The van der Waals surface area contributed by atoms with Gasteiger partial charge in [0.2, 0.25) is 0 Å². The molecule has 0 amide bonds. The van der Waals surface area contributed by atoms with Crippen LogP contribution in [0, 0.1) is 5.82 Å². The molecule has 0 spiro atoms. The van der Waals surface area contributed by atoms with Crippen molar-refractivity contribution in [3.8, 4) is 0 Å². The molecular weight excluding hydrogens is 278 g/mol. The second-order valence-electron chi connectivity index (χ2n) is 4.74. The summed E-state index contributed by atoms with van der Waals surface area (Å²) in [6, 6.07) is 2.04. The number of alkyl halides is 3. The maximum Gasteiger partial charge on any atom is 0.416 e. The molecule has 20 heavy (non-hydrogen) atoms. The molecule has 0 aromatic heterocycles. The summed E-state index contributed by atoms with van der Waals surface area (Å²) >= 11 is 0. The highest BCUT2D eigenvalue weighted by molar-refractivity contribution is 5.69. The van der Waals surface area contributed by atoms with Crippen LogP contribution in [0.25, 0.3) is 0 Å². The van der Waals surface area contributed by atoms with E-state index in [1.54, 1.807) is 13.8 Å². The molecule has 0 aliphatic heterocycles. The van der Waals surface area contributed by atoms with E-state index in [0.717, 1.165) is 12.1 Å². The fourth-order valence-corrected chi connectivity index (χ4v) is 1.73. The lowest BCUT2D eigenvalue weighted by atomic mass is 10.1. The first-order valence-corrected chi connectivity index (χ1v) is 5.92. The predicted molar refractivity (Wildman–Crippen MR) is 64.6 cm³/mol. The molecule has 1 aromatic carbocycles. The second kappa shape index (κ2) is 6.21. The summed E-state index contributed by atoms with van der Waals surface area (Å²) in [6.07, 6.45) is -4.63. The number of carboxylic acids is 1. The zero-order valence-electron chi connectivity index (χ0n) is 11.0. The molecular formula is C13H15F4NO2. The molecule has 0 radical (unpaired) electrons. The summed E-state index contributed by atoms with van der Waals surface area (Å²) in [4.78, 5) is 12.1. The molecule has 0 aliphatic carbocycles. The monoisotopic (exact) mass is 293 g/mol. The van der Waals surface area contributed by atoms with Crippen molar-refractivity contribution in [2.75, 3.05) is 6.54 Å². The largest absolute Gasteiger partial charge is 0.480 e. The molecule has 1 rings (SSSR count). The Labute approximate surface area is 113 Å². The topological polar surface area (TPSA) is 40.5 Å². The molecule has 0 saturated carbocycles. The van der Waals surface area contributed by atoms with Crippen LogP contribution in [0.4, 0.5) is 17.6 Å². The van der Waals surface area contributed by atoms with Gasteiger partial charge in [-0.15, -0.1) is 0 Å². The van der Waals surface area contributed by atoms with Gasteiger partial charge in [0.1, 0.15) is 5.82 Å². The molecule has 3 nitrogen and oxygen atoms in total. The highest BCUT2D eigenvalue weighted by Gasteiger charge is 2.31. The molecule has 1 N–H and O–H groups in total. The average molecular weight is 293 g/mol. The Balaban J connectivity index is 3.01. The summed E-state index contributed by atoms with van der Waals surface area (Å²) in [7, 11) is 0. The van der Waals surface area contributed by atoms with E-state index in [1.165, 1.54) is 4.90 Å². The predicted octanol–water partition coefficient (Wildman–Crippen LogP) is 3.14. The number of hydrogen-bond acceptors (Lipinski definition) is 2. The Morgan fingerprint density at radius 2 is 1.90 bits per heavy atom. The maximum absolute atomic E-state index is 13.2. The number of nitrogens with zero attached hydrogens (tertiary/aromatic N) is 1. The van der Waals surface area contributed by atoms with Crippen molar-refractivity contribution in [1.29, 1.82) is 0 Å². The molecule has 0 bridgehead atoms. The Kier molecular flexibility index (Phi) is 5.10. The minimum Gasteiger partial charge on any atom is -0.480 e. The number of rotatable bonds is 5. The number of aliphatic carboxylic acids is 1. The van der Waals surface area contributed by atoms with Gasteiger partial charge in [0.15, 0.2) is 0 Å². The van der Waals surface area contributed by atoms with Gasteiger partial charge < -0.3 is 5.11 Å². The minimum absolute atomic E-state index is 0.0647. The van der Waals surface area contributed by atoms with Gasteiger partial charge in [-0.25, -0.2) is 4.39 Å². The number of benzene rings is 1. The van der Waals surface area contributed by atoms with Gasteiger partial charge >= 0.3 is 12.1 Å². The van der Waals surface area contributed by atoms with Crippen LogP contribution in [-0.2, 0) is 17.5 Å². The average Bonchev–Trinajstić information content (AvgIpc) is 2.25. The Morgan fingerprint density at radius 1 is 1.30 bits per heavy atom. The first-order chi connectivity index (χ1) is 9.09. The highest BCUT2D eigenvalue weighted by atomic mass is 19.4. The van der Waals surface area contributed by atoms with Gasteiger partial charge in [0.05, 0.1) is 12.1 Å². The van der Waals surface area contributed by atoms with Crippen molar-refractivity contribution in [2.24, 2.45) is 0 Å². The molecule has 112 valence electrons. The summed E-state index contributed by atoms with van der Waals surface area (Å²) < 4.78 is 51.0. The fraction of sp³-hybridized carbons (Fsp3) is 0.462. The summed E-state index contributed by atoms with van der Waals surface area (Å²) in [5.41, 5.74) is -0.987. The Morgan fingerprint density at radius 3 is 2.35 bits per heavy atom. The zero-order valence-corrected chi connectivity index (χ0v) is 11.0. The Hall–Kier alpha value is -1.63. The van der Waals surface area contributed by atoms with Gasteiger partial charge in [-0.2, -0.15) is 13.2 Å².